The molecule has 1 atom stereocenters. The van der Waals surface area contributed by atoms with Crippen molar-refractivity contribution >= 4 is 12.1 Å². The maximum atomic E-state index is 8.24. The van der Waals surface area contributed by atoms with E-state index in [2.05, 4.69) is 45.7 Å². The van der Waals surface area contributed by atoms with Gasteiger partial charge in [0.1, 0.15) is 5.84 Å². The van der Waals surface area contributed by atoms with Gasteiger partial charge in [-0.25, -0.2) is 0 Å². The van der Waals surface area contributed by atoms with Crippen LogP contribution in [-0.2, 0) is 0 Å². The molecule has 1 unspecified atom stereocenters. The molecule has 136 valence electrons. The number of hydrogen-bond acceptors (Lipinski definition) is 4. The molecule has 0 aliphatic carbocycles. The van der Waals surface area contributed by atoms with Gasteiger partial charge in [-0.2, -0.15) is 0 Å². The van der Waals surface area contributed by atoms with E-state index >= 15 is 0 Å². The molecular weight excluding hydrogens is 334 g/mol. The third-order valence-corrected chi connectivity index (χ3v) is 4.49. The van der Waals surface area contributed by atoms with Crippen molar-refractivity contribution in [1.82, 2.24) is 15.6 Å². The van der Waals surface area contributed by atoms with Crippen LogP contribution in [-0.4, -0.2) is 23.6 Å². The Labute approximate surface area is 159 Å². The summed E-state index contributed by atoms with van der Waals surface area (Å²) < 4.78 is 0. The van der Waals surface area contributed by atoms with E-state index in [4.69, 9.17) is 10.8 Å². The van der Waals surface area contributed by atoms with Crippen LogP contribution in [0.4, 0.5) is 0 Å². The molecule has 0 fully saturated rings. The van der Waals surface area contributed by atoms with Crippen LogP contribution >= 0.6 is 0 Å². The van der Waals surface area contributed by atoms with Gasteiger partial charge in [0.2, 0.25) is 0 Å². The molecule has 4 N–H and O–H groups in total. The number of hydrogen-bond donors (Lipinski definition) is 4. The summed E-state index contributed by atoms with van der Waals surface area (Å²) in [7, 11) is 0. The molecule has 0 radical (unpaired) electrons. The minimum atomic E-state index is -0.0122. The molecule has 0 saturated carbocycles. The molecule has 1 aromatic heterocycles. The van der Waals surface area contributed by atoms with Gasteiger partial charge in [-0.05, 0) is 37.1 Å². The predicted molar refractivity (Wildman–Crippen MR) is 110 cm³/mol. The molecule has 5 heteroatoms. The van der Waals surface area contributed by atoms with Crippen molar-refractivity contribution < 1.29 is 0 Å². The number of nitrogens with zero attached hydrogens (tertiary/aromatic N) is 1. The lowest BCUT2D eigenvalue weighted by molar-refractivity contribution is 0.590. The van der Waals surface area contributed by atoms with E-state index in [1.807, 2.05) is 32.2 Å². The van der Waals surface area contributed by atoms with Crippen LogP contribution in [0.25, 0.3) is 11.1 Å². The zero-order valence-electron chi connectivity index (χ0n) is 15.6. The molecule has 0 bridgehead atoms. The topological polar surface area (TPSA) is 84.7 Å². The lowest BCUT2D eigenvalue weighted by Gasteiger charge is -2.29. The van der Waals surface area contributed by atoms with Crippen LogP contribution in [0.5, 0.6) is 0 Å². The maximum Gasteiger partial charge on any atom is 0.129 e. The minimum Gasteiger partial charge on any atom is -0.388 e. The number of nitrogens with one attached hydrogen (secondary N) is 4. The number of benzene rings is 1. The van der Waals surface area contributed by atoms with E-state index in [1.165, 1.54) is 6.21 Å². The van der Waals surface area contributed by atoms with Crippen LogP contribution in [0.1, 0.15) is 37.4 Å². The SMILES string of the molecule is CC#Cc1cncc(-c2cccc(C3CC(NCC)=C(C=N)C(=N)N3)c2)c1. The Balaban J connectivity index is 1.93. The first kappa shape index (κ1) is 18.4. The van der Waals surface area contributed by atoms with Crippen LogP contribution in [0.15, 0.2) is 54.0 Å². The first-order chi connectivity index (χ1) is 13.2. The number of pyridine rings is 1. The fourth-order valence-electron chi connectivity index (χ4n) is 3.25. The average Bonchev–Trinajstić information content (AvgIpc) is 2.69. The van der Waals surface area contributed by atoms with Crippen molar-refractivity contribution in [2.24, 2.45) is 0 Å². The predicted octanol–water partition coefficient (Wildman–Crippen LogP) is 3.64. The molecule has 3 rings (SSSR count). The quantitative estimate of drug-likeness (QED) is 0.487. The van der Waals surface area contributed by atoms with Gasteiger partial charge in [0.15, 0.2) is 0 Å². The number of aromatic nitrogens is 1. The van der Waals surface area contributed by atoms with Crippen LogP contribution in [0, 0.1) is 22.7 Å². The Morgan fingerprint density at radius 3 is 2.89 bits per heavy atom. The largest absolute Gasteiger partial charge is 0.388 e. The fourth-order valence-corrected chi connectivity index (χ4v) is 3.25. The first-order valence-corrected chi connectivity index (χ1v) is 8.97. The van der Waals surface area contributed by atoms with Crippen LogP contribution in [0.2, 0.25) is 0 Å². The zero-order valence-corrected chi connectivity index (χ0v) is 15.6. The van der Waals surface area contributed by atoms with Crippen molar-refractivity contribution in [2.75, 3.05) is 6.54 Å². The second-order valence-corrected chi connectivity index (χ2v) is 6.31. The summed E-state index contributed by atoms with van der Waals surface area (Å²) in [6.45, 7) is 4.60. The summed E-state index contributed by atoms with van der Waals surface area (Å²) in [6.07, 6.45) is 5.56. The van der Waals surface area contributed by atoms with Crippen molar-refractivity contribution in [2.45, 2.75) is 26.3 Å². The zero-order chi connectivity index (χ0) is 19.2. The van der Waals surface area contributed by atoms with Gasteiger partial charge in [0.25, 0.3) is 0 Å². The summed E-state index contributed by atoms with van der Waals surface area (Å²) in [4.78, 5) is 4.30. The Morgan fingerprint density at radius 2 is 2.15 bits per heavy atom. The van der Waals surface area contributed by atoms with Crippen molar-refractivity contribution in [3.05, 3.63) is 65.1 Å². The van der Waals surface area contributed by atoms with Crippen molar-refractivity contribution in [3.63, 3.8) is 0 Å². The summed E-state index contributed by atoms with van der Waals surface area (Å²) in [5.74, 6) is 6.23. The van der Waals surface area contributed by atoms with E-state index in [9.17, 15) is 0 Å². The standard InChI is InChI=1S/C22H23N5/c1-3-6-15-9-18(14-25-13-15)16-7-5-8-17(10-16)20-11-21(26-4-2)19(12-23)22(24)27-20/h5,7-10,12-14,20,23,26H,4,11H2,1-2H3,(H2,24,27). The second-order valence-electron chi connectivity index (χ2n) is 6.31. The number of rotatable bonds is 5. The fraction of sp³-hybridized carbons (Fsp3) is 0.227. The average molecular weight is 357 g/mol. The highest BCUT2D eigenvalue weighted by Gasteiger charge is 2.24. The van der Waals surface area contributed by atoms with E-state index in [1.54, 1.807) is 6.20 Å². The second kappa shape index (κ2) is 8.33. The Bertz CT molecular complexity index is 962. The van der Waals surface area contributed by atoms with Gasteiger partial charge in [-0.3, -0.25) is 10.4 Å². The maximum absolute atomic E-state index is 8.24. The Morgan fingerprint density at radius 1 is 1.30 bits per heavy atom. The highest BCUT2D eigenvalue weighted by molar-refractivity contribution is 6.14. The van der Waals surface area contributed by atoms with E-state index in [-0.39, 0.29) is 11.9 Å². The van der Waals surface area contributed by atoms with Gasteiger partial charge >= 0.3 is 0 Å². The summed E-state index contributed by atoms with van der Waals surface area (Å²) in [5, 5.41) is 22.4. The van der Waals surface area contributed by atoms with E-state index < -0.39 is 0 Å². The monoisotopic (exact) mass is 357 g/mol. The van der Waals surface area contributed by atoms with Crippen LogP contribution < -0.4 is 10.6 Å². The molecule has 2 aromatic rings. The normalized spacial score (nSPS) is 16.2. The summed E-state index contributed by atoms with van der Waals surface area (Å²) >= 11 is 0. The first-order valence-electron chi connectivity index (χ1n) is 8.97. The van der Waals surface area contributed by atoms with E-state index in [0.717, 1.165) is 34.5 Å². The van der Waals surface area contributed by atoms with Crippen molar-refractivity contribution in [1.29, 1.82) is 10.8 Å². The lowest BCUT2D eigenvalue weighted by Crippen LogP contribution is -2.38. The molecule has 1 aliphatic rings. The Hall–Kier alpha value is -3.39. The van der Waals surface area contributed by atoms with Gasteiger partial charge in [0.05, 0.1) is 11.6 Å². The third-order valence-electron chi connectivity index (χ3n) is 4.49. The highest BCUT2D eigenvalue weighted by Crippen LogP contribution is 2.29. The molecule has 0 amide bonds. The van der Waals surface area contributed by atoms with Crippen LogP contribution in [0.3, 0.4) is 0 Å². The molecule has 0 spiro atoms. The van der Waals surface area contributed by atoms with Gasteiger partial charge in [-0.1, -0.05) is 24.1 Å². The molecule has 2 heterocycles. The third kappa shape index (κ3) is 4.06. The molecule has 1 aromatic carbocycles. The molecule has 27 heavy (non-hydrogen) atoms. The number of amidine groups is 1. The summed E-state index contributed by atoms with van der Waals surface area (Å²) in [5.41, 5.74) is 5.65. The molecule has 5 nitrogen and oxygen atoms in total. The smallest absolute Gasteiger partial charge is 0.129 e. The van der Waals surface area contributed by atoms with Gasteiger partial charge < -0.3 is 16.0 Å². The van der Waals surface area contributed by atoms with Gasteiger partial charge in [-0.15, -0.1) is 5.92 Å². The van der Waals surface area contributed by atoms with E-state index in [0.29, 0.717) is 12.0 Å². The van der Waals surface area contributed by atoms with Crippen molar-refractivity contribution in [3.8, 4) is 23.0 Å². The molecular formula is C22H23N5. The highest BCUT2D eigenvalue weighted by atomic mass is 15.0. The molecule has 1 aliphatic heterocycles. The van der Waals surface area contributed by atoms with Gasteiger partial charge in [0, 0.05) is 48.4 Å². The molecule has 0 saturated heterocycles. The lowest BCUT2D eigenvalue weighted by atomic mass is 9.93. The minimum absolute atomic E-state index is 0.0122. The summed E-state index contributed by atoms with van der Waals surface area (Å²) in [6, 6.07) is 10.3. The Kier molecular flexibility index (Phi) is 5.68.